The Hall–Kier alpha value is -1.46. The van der Waals surface area contributed by atoms with E-state index in [1.54, 1.807) is 0 Å². The molecule has 0 radical (unpaired) electrons. The minimum absolute atomic E-state index is 0.734. The highest BCUT2D eigenvalue weighted by atomic mass is 19.1. The van der Waals surface area contributed by atoms with Crippen LogP contribution in [-0.2, 0) is 7.05 Å². The molecule has 0 aliphatic carbocycles. The van der Waals surface area contributed by atoms with Crippen molar-refractivity contribution in [3.05, 3.63) is 22.4 Å². The predicted molar refractivity (Wildman–Crippen MR) is 29.8 cm³/mol. The summed E-state index contributed by atoms with van der Waals surface area (Å²) in [6, 6.07) is 0. The molecule has 6 heteroatoms. The first-order valence-electron chi connectivity index (χ1n) is 2.44. The maximum atomic E-state index is 12.5. The lowest BCUT2D eigenvalue weighted by molar-refractivity contribution is -0.392. The van der Waals surface area contributed by atoms with Crippen molar-refractivity contribution >= 4 is 5.82 Å². The van der Waals surface area contributed by atoms with Crippen molar-refractivity contribution in [2.45, 2.75) is 0 Å². The molecule has 0 saturated heterocycles. The Morgan fingerprint density at radius 1 is 1.90 bits per heavy atom. The Kier molecular flexibility index (Phi) is 1.37. The van der Waals surface area contributed by atoms with E-state index in [0.717, 1.165) is 10.9 Å². The fraction of sp³-hybridized carbons (Fsp3) is 0.250. The number of hydrogen-bond donors (Lipinski definition) is 0. The molecule has 0 spiro atoms. The number of aryl methyl sites for hydroxylation is 1. The molecule has 0 amide bonds. The normalized spacial score (nSPS) is 9.80. The van der Waals surface area contributed by atoms with Crippen molar-refractivity contribution in [3.63, 3.8) is 0 Å². The van der Waals surface area contributed by atoms with Gasteiger partial charge in [-0.2, -0.15) is 4.39 Å². The Morgan fingerprint density at radius 3 is 2.70 bits per heavy atom. The summed E-state index contributed by atoms with van der Waals surface area (Å²) in [6.45, 7) is 0. The number of nitrogens with zero attached hydrogens (tertiary/aromatic N) is 3. The Bertz CT molecular complexity index is 269. The van der Waals surface area contributed by atoms with Crippen LogP contribution in [0.15, 0.2) is 6.33 Å². The second-order valence-electron chi connectivity index (χ2n) is 1.73. The van der Waals surface area contributed by atoms with Crippen LogP contribution in [0.3, 0.4) is 0 Å². The van der Waals surface area contributed by atoms with E-state index in [9.17, 15) is 14.5 Å². The summed E-state index contributed by atoms with van der Waals surface area (Å²) in [6.07, 6.45) is 1.05. The number of halogens is 1. The number of aromatic nitrogens is 2. The maximum Gasteiger partial charge on any atom is 0.419 e. The third-order valence-corrected chi connectivity index (χ3v) is 1.02. The van der Waals surface area contributed by atoms with Crippen LogP contribution in [0.4, 0.5) is 10.2 Å². The maximum absolute atomic E-state index is 12.5. The molecule has 1 heterocycles. The topological polar surface area (TPSA) is 61.0 Å². The molecule has 0 bridgehead atoms. The van der Waals surface area contributed by atoms with E-state index in [4.69, 9.17) is 0 Å². The van der Waals surface area contributed by atoms with Crippen molar-refractivity contribution < 1.29 is 9.31 Å². The highest BCUT2D eigenvalue weighted by Crippen LogP contribution is 2.11. The largest absolute Gasteiger partial charge is 0.419 e. The zero-order chi connectivity index (χ0) is 7.72. The molecule has 0 fully saturated rings. The van der Waals surface area contributed by atoms with E-state index < -0.39 is 16.7 Å². The van der Waals surface area contributed by atoms with Crippen LogP contribution in [-0.4, -0.2) is 14.5 Å². The molecule has 10 heavy (non-hydrogen) atoms. The first-order chi connectivity index (χ1) is 4.63. The van der Waals surface area contributed by atoms with Crippen molar-refractivity contribution in [2.24, 2.45) is 7.05 Å². The molecular formula is C4H4FN3O2. The van der Waals surface area contributed by atoms with Gasteiger partial charge in [0, 0.05) is 7.05 Å². The van der Waals surface area contributed by atoms with Gasteiger partial charge in [0.15, 0.2) is 0 Å². The third kappa shape index (κ3) is 0.831. The van der Waals surface area contributed by atoms with E-state index >= 15 is 0 Å². The second-order valence-corrected chi connectivity index (χ2v) is 1.73. The van der Waals surface area contributed by atoms with Gasteiger partial charge in [-0.25, -0.2) is 0 Å². The van der Waals surface area contributed by atoms with Gasteiger partial charge in [-0.15, -0.1) is 0 Å². The number of rotatable bonds is 1. The van der Waals surface area contributed by atoms with Crippen LogP contribution in [0.5, 0.6) is 0 Å². The number of hydrogen-bond acceptors (Lipinski definition) is 3. The summed E-state index contributed by atoms with van der Waals surface area (Å²) in [4.78, 5) is 12.3. The summed E-state index contributed by atoms with van der Waals surface area (Å²) in [7, 11) is 1.34. The van der Waals surface area contributed by atoms with E-state index in [1.807, 2.05) is 0 Å². The molecule has 54 valence electrons. The molecular weight excluding hydrogens is 141 g/mol. The van der Waals surface area contributed by atoms with Crippen molar-refractivity contribution in [1.82, 2.24) is 9.55 Å². The molecule has 0 atom stereocenters. The van der Waals surface area contributed by atoms with Gasteiger partial charge in [0.05, 0.1) is 0 Å². The van der Waals surface area contributed by atoms with Gasteiger partial charge in [0.1, 0.15) is 0 Å². The first kappa shape index (κ1) is 6.66. The van der Waals surface area contributed by atoms with Crippen LogP contribution >= 0.6 is 0 Å². The summed E-state index contributed by atoms with van der Waals surface area (Å²) in [5.74, 6) is -1.66. The van der Waals surface area contributed by atoms with Gasteiger partial charge in [-0.05, 0) is 9.91 Å². The predicted octanol–water partition coefficient (Wildman–Crippen LogP) is 0.467. The fourth-order valence-corrected chi connectivity index (χ4v) is 0.525. The summed E-state index contributed by atoms with van der Waals surface area (Å²) < 4.78 is 13.4. The van der Waals surface area contributed by atoms with Crippen LogP contribution in [0.1, 0.15) is 0 Å². The van der Waals surface area contributed by atoms with Crippen LogP contribution in [0, 0.1) is 16.1 Å². The molecule has 0 saturated carbocycles. The van der Waals surface area contributed by atoms with Crippen LogP contribution < -0.4 is 0 Å². The second kappa shape index (κ2) is 2.05. The van der Waals surface area contributed by atoms with E-state index in [1.165, 1.54) is 7.05 Å². The van der Waals surface area contributed by atoms with E-state index in [2.05, 4.69) is 4.98 Å². The fourth-order valence-electron chi connectivity index (χ4n) is 0.525. The van der Waals surface area contributed by atoms with E-state index in [-0.39, 0.29) is 0 Å². The monoisotopic (exact) mass is 145 g/mol. The van der Waals surface area contributed by atoms with Crippen molar-refractivity contribution in [3.8, 4) is 0 Å². The Morgan fingerprint density at radius 2 is 2.50 bits per heavy atom. The standard InChI is InChI=1S/C4H4FN3O2/c1-7-2-6-4(3(7)5)8(9)10/h2H,1H3. The minimum Gasteiger partial charge on any atom is -0.358 e. The number of imidazole rings is 1. The van der Waals surface area contributed by atoms with Gasteiger partial charge >= 0.3 is 5.82 Å². The zero-order valence-corrected chi connectivity index (χ0v) is 5.11. The zero-order valence-electron chi connectivity index (χ0n) is 5.11. The van der Waals surface area contributed by atoms with Crippen LogP contribution in [0.25, 0.3) is 0 Å². The molecule has 0 aromatic carbocycles. The molecule has 5 nitrogen and oxygen atoms in total. The quantitative estimate of drug-likeness (QED) is 0.426. The average Bonchev–Trinajstić information content (AvgIpc) is 2.14. The first-order valence-corrected chi connectivity index (χ1v) is 2.44. The molecule has 0 unspecified atom stereocenters. The summed E-state index contributed by atoms with van der Waals surface area (Å²) in [5, 5.41) is 9.92. The van der Waals surface area contributed by atoms with Gasteiger partial charge in [0.2, 0.25) is 6.33 Å². The van der Waals surface area contributed by atoms with Crippen LogP contribution in [0.2, 0.25) is 0 Å². The van der Waals surface area contributed by atoms with Gasteiger partial charge in [-0.1, -0.05) is 0 Å². The minimum atomic E-state index is -0.926. The summed E-state index contributed by atoms with van der Waals surface area (Å²) >= 11 is 0. The lowest BCUT2D eigenvalue weighted by Gasteiger charge is -1.87. The Balaban J connectivity index is 3.17. The van der Waals surface area contributed by atoms with E-state index in [0.29, 0.717) is 0 Å². The molecule has 1 rings (SSSR count). The highest BCUT2D eigenvalue weighted by Gasteiger charge is 2.18. The molecule has 0 N–H and O–H groups in total. The molecule has 1 aromatic heterocycles. The highest BCUT2D eigenvalue weighted by molar-refractivity contribution is 5.14. The van der Waals surface area contributed by atoms with Gasteiger partial charge in [0.25, 0.3) is 5.95 Å². The van der Waals surface area contributed by atoms with Gasteiger partial charge < -0.3 is 10.1 Å². The average molecular weight is 145 g/mol. The number of nitro groups is 1. The SMILES string of the molecule is Cn1cnc([N+](=O)[O-])c1F. The van der Waals surface area contributed by atoms with Crippen molar-refractivity contribution in [2.75, 3.05) is 0 Å². The van der Waals surface area contributed by atoms with Crippen molar-refractivity contribution in [1.29, 1.82) is 0 Å². The molecule has 0 aliphatic heterocycles. The van der Waals surface area contributed by atoms with Gasteiger partial charge in [-0.3, -0.25) is 4.57 Å². The smallest absolute Gasteiger partial charge is 0.358 e. The molecule has 1 aromatic rings. The lowest BCUT2D eigenvalue weighted by atomic mass is 10.7. The summed E-state index contributed by atoms with van der Waals surface area (Å²) in [5.41, 5.74) is 0. The Labute approximate surface area is 55.3 Å². The third-order valence-electron chi connectivity index (χ3n) is 1.02. The lowest BCUT2D eigenvalue weighted by Crippen LogP contribution is -1.94. The molecule has 0 aliphatic rings.